The van der Waals surface area contributed by atoms with Gasteiger partial charge in [0.05, 0.1) is 13.5 Å². The third-order valence-corrected chi connectivity index (χ3v) is 5.05. The topological polar surface area (TPSA) is 32.8 Å². The molecule has 0 aromatic rings. The molecule has 116 valence electrons. The maximum absolute atomic E-state index is 11.5. The first-order valence-electron chi connectivity index (χ1n) is 8.22. The minimum absolute atomic E-state index is 0.0586. The zero-order chi connectivity index (χ0) is 14.4. The number of nitrogens with zero attached hydrogens (tertiary/aromatic N) is 2. The van der Waals surface area contributed by atoms with Crippen LogP contribution in [-0.4, -0.2) is 61.6 Å². The van der Waals surface area contributed by atoms with E-state index in [0.29, 0.717) is 12.5 Å². The third kappa shape index (κ3) is 4.45. The molecule has 2 unspecified atom stereocenters. The first-order valence-corrected chi connectivity index (χ1v) is 8.22. The average Bonchev–Trinajstić information content (AvgIpc) is 2.47. The van der Waals surface area contributed by atoms with E-state index in [1.54, 1.807) is 0 Å². The van der Waals surface area contributed by atoms with Crippen LogP contribution in [0.3, 0.4) is 0 Å². The number of hydrogen-bond acceptors (Lipinski definition) is 4. The van der Waals surface area contributed by atoms with Crippen molar-refractivity contribution in [1.82, 2.24) is 9.80 Å². The molecule has 20 heavy (non-hydrogen) atoms. The molecule has 2 rings (SSSR count). The lowest BCUT2D eigenvalue weighted by molar-refractivity contribution is -0.142. The largest absolute Gasteiger partial charge is 0.469 e. The van der Waals surface area contributed by atoms with E-state index in [9.17, 15) is 4.79 Å². The van der Waals surface area contributed by atoms with Gasteiger partial charge in [-0.1, -0.05) is 12.8 Å². The summed E-state index contributed by atoms with van der Waals surface area (Å²) >= 11 is 0. The standard InChI is InChI=1S/C16H30N2O2/c1-17-10-5-3-7-14(17)9-12-18-11-6-4-8-15(18)13-16(19)20-2/h14-15H,3-13H2,1-2H3. The van der Waals surface area contributed by atoms with Gasteiger partial charge in [0.2, 0.25) is 0 Å². The Morgan fingerprint density at radius 2 is 1.80 bits per heavy atom. The lowest BCUT2D eigenvalue weighted by atomic mass is 9.96. The van der Waals surface area contributed by atoms with Crippen molar-refractivity contribution in [2.45, 2.75) is 63.5 Å². The van der Waals surface area contributed by atoms with Crippen molar-refractivity contribution >= 4 is 5.97 Å². The maximum Gasteiger partial charge on any atom is 0.307 e. The maximum atomic E-state index is 11.5. The average molecular weight is 282 g/mol. The van der Waals surface area contributed by atoms with Crippen LogP contribution in [0.4, 0.5) is 0 Å². The number of rotatable bonds is 5. The molecule has 4 heteroatoms. The molecule has 0 spiro atoms. The predicted molar refractivity (Wildman–Crippen MR) is 80.7 cm³/mol. The SMILES string of the molecule is COC(=O)CC1CCCCN1CCC1CCCCN1C. The first-order chi connectivity index (χ1) is 9.70. The minimum atomic E-state index is -0.0586. The molecule has 2 aliphatic rings. The molecule has 0 bridgehead atoms. The van der Waals surface area contributed by atoms with Crippen LogP contribution in [0.25, 0.3) is 0 Å². The second-order valence-corrected chi connectivity index (χ2v) is 6.38. The Balaban J connectivity index is 1.80. The van der Waals surface area contributed by atoms with Crippen LogP contribution < -0.4 is 0 Å². The molecule has 0 N–H and O–H groups in total. The molecular weight excluding hydrogens is 252 g/mol. The molecule has 2 aliphatic heterocycles. The number of likely N-dealkylation sites (tertiary alicyclic amines) is 2. The number of carbonyl (C=O) groups excluding carboxylic acids is 1. The highest BCUT2D eigenvalue weighted by atomic mass is 16.5. The van der Waals surface area contributed by atoms with E-state index >= 15 is 0 Å². The lowest BCUT2D eigenvalue weighted by Gasteiger charge is -2.38. The summed E-state index contributed by atoms with van der Waals surface area (Å²) in [6, 6.07) is 1.15. The molecule has 2 atom stereocenters. The summed E-state index contributed by atoms with van der Waals surface area (Å²) in [5, 5.41) is 0. The highest BCUT2D eigenvalue weighted by Crippen LogP contribution is 2.23. The molecule has 0 saturated carbocycles. The fraction of sp³-hybridized carbons (Fsp3) is 0.938. The van der Waals surface area contributed by atoms with Crippen LogP contribution in [0.5, 0.6) is 0 Å². The van der Waals surface area contributed by atoms with Gasteiger partial charge in [-0.15, -0.1) is 0 Å². The monoisotopic (exact) mass is 282 g/mol. The van der Waals surface area contributed by atoms with Gasteiger partial charge in [0.1, 0.15) is 0 Å². The van der Waals surface area contributed by atoms with Gasteiger partial charge >= 0.3 is 5.97 Å². The third-order valence-electron chi connectivity index (χ3n) is 5.05. The number of piperidine rings is 2. The molecule has 4 nitrogen and oxygen atoms in total. The summed E-state index contributed by atoms with van der Waals surface area (Å²) in [6.45, 7) is 3.53. The fourth-order valence-electron chi connectivity index (χ4n) is 3.68. The smallest absolute Gasteiger partial charge is 0.307 e. The fourth-order valence-corrected chi connectivity index (χ4v) is 3.68. The van der Waals surface area contributed by atoms with E-state index in [2.05, 4.69) is 16.8 Å². The Morgan fingerprint density at radius 1 is 1.10 bits per heavy atom. The van der Waals surface area contributed by atoms with Crippen molar-refractivity contribution in [3.63, 3.8) is 0 Å². The molecule has 0 aromatic heterocycles. The van der Waals surface area contributed by atoms with Crippen LogP contribution in [-0.2, 0) is 9.53 Å². The quantitative estimate of drug-likeness (QED) is 0.724. The summed E-state index contributed by atoms with van der Waals surface area (Å²) in [7, 11) is 3.75. The molecule has 2 fully saturated rings. The van der Waals surface area contributed by atoms with E-state index in [0.717, 1.165) is 25.6 Å². The van der Waals surface area contributed by atoms with Crippen LogP contribution in [0.2, 0.25) is 0 Å². The van der Waals surface area contributed by atoms with E-state index in [1.165, 1.54) is 52.2 Å². The molecule has 2 saturated heterocycles. The van der Waals surface area contributed by atoms with E-state index in [4.69, 9.17) is 4.74 Å². The number of carbonyl (C=O) groups is 1. The summed E-state index contributed by atoms with van der Waals surface area (Å²) in [5.74, 6) is -0.0586. The minimum Gasteiger partial charge on any atom is -0.469 e. The second-order valence-electron chi connectivity index (χ2n) is 6.38. The van der Waals surface area contributed by atoms with Crippen LogP contribution >= 0.6 is 0 Å². The summed E-state index contributed by atoms with van der Waals surface area (Å²) in [5.41, 5.74) is 0. The summed E-state index contributed by atoms with van der Waals surface area (Å²) < 4.78 is 4.84. The number of methoxy groups -OCH3 is 1. The van der Waals surface area contributed by atoms with Crippen molar-refractivity contribution in [1.29, 1.82) is 0 Å². The molecule has 0 aliphatic carbocycles. The normalized spacial score (nSPS) is 29.3. The Hall–Kier alpha value is -0.610. The van der Waals surface area contributed by atoms with Gasteiger partial charge in [-0.2, -0.15) is 0 Å². The number of esters is 1. The Morgan fingerprint density at radius 3 is 2.50 bits per heavy atom. The summed E-state index contributed by atoms with van der Waals surface area (Å²) in [4.78, 5) is 16.6. The molecule has 0 amide bonds. The van der Waals surface area contributed by atoms with Gasteiger partial charge in [0, 0.05) is 12.1 Å². The van der Waals surface area contributed by atoms with Gasteiger partial charge in [-0.25, -0.2) is 0 Å². The zero-order valence-corrected chi connectivity index (χ0v) is 13.1. The van der Waals surface area contributed by atoms with E-state index in [-0.39, 0.29) is 5.97 Å². The molecule has 2 heterocycles. The van der Waals surface area contributed by atoms with Crippen molar-refractivity contribution < 1.29 is 9.53 Å². The van der Waals surface area contributed by atoms with Gasteiger partial charge in [-0.05, 0) is 58.8 Å². The van der Waals surface area contributed by atoms with Crippen molar-refractivity contribution in [2.24, 2.45) is 0 Å². The highest BCUT2D eigenvalue weighted by molar-refractivity contribution is 5.69. The van der Waals surface area contributed by atoms with Gasteiger partial charge in [-0.3, -0.25) is 9.69 Å². The summed E-state index contributed by atoms with van der Waals surface area (Å²) in [6.07, 6.45) is 9.55. The molecule has 0 radical (unpaired) electrons. The Bertz CT molecular complexity index is 309. The lowest BCUT2D eigenvalue weighted by Crippen LogP contribution is -2.44. The molecular formula is C16H30N2O2. The number of ether oxygens (including phenoxy) is 1. The van der Waals surface area contributed by atoms with Gasteiger partial charge in [0.25, 0.3) is 0 Å². The van der Waals surface area contributed by atoms with E-state index < -0.39 is 0 Å². The van der Waals surface area contributed by atoms with Crippen LogP contribution in [0.15, 0.2) is 0 Å². The van der Waals surface area contributed by atoms with Crippen molar-refractivity contribution in [2.75, 3.05) is 33.8 Å². The van der Waals surface area contributed by atoms with E-state index in [1.807, 2.05) is 0 Å². The van der Waals surface area contributed by atoms with Gasteiger partial charge in [0.15, 0.2) is 0 Å². The molecule has 0 aromatic carbocycles. The predicted octanol–water partition coefficient (Wildman–Crippen LogP) is 2.28. The first kappa shape index (κ1) is 15.8. The highest BCUT2D eigenvalue weighted by Gasteiger charge is 2.26. The van der Waals surface area contributed by atoms with Gasteiger partial charge < -0.3 is 9.64 Å². The van der Waals surface area contributed by atoms with Crippen LogP contribution in [0.1, 0.15) is 51.4 Å². The Kier molecular flexibility index (Phi) is 6.30. The Labute approximate surface area is 123 Å². The second kappa shape index (κ2) is 7.99. The van der Waals surface area contributed by atoms with Crippen LogP contribution in [0, 0.1) is 0 Å². The van der Waals surface area contributed by atoms with Crippen molar-refractivity contribution in [3.05, 3.63) is 0 Å². The van der Waals surface area contributed by atoms with Crippen molar-refractivity contribution in [3.8, 4) is 0 Å². The zero-order valence-electron chi connectivity index (χ0n) is 13.1. The number of hydrogen-bond donors (Lipinski definition) is 0.